The summed E-state index contributed by atoms with van der Waals surface area (Å²) in [4.78, 5) is 12.5. The van der Waals surface area contributed by atoms with Crippen LogP contribution in [0.5, 0.6) is 0 Å². The fourth-order valence-corrected chi connectivity index (χ4v) is 9.08. The van der Waals surface area contributed by atoms with Crippen molar-refractivity contribution >= 4 is 5.91 Å². The average molecular weight is 999 g/mol. The number of amides is 1. The molecule has 0 aromatic rings. The molecular formula is C68H119NO3. The van der Waals surface area contributed by atoms with Crippen LogP contribution in [0.4, 0.5) is 0 Å². The van der Waals surface area contributed by atoms with Gasteiger partial charge in [0.1, 0.15) is 0 Å². The molecule has 2 unspecified atom stereocenters. The van der Waals surface area contributed by atoms with Crippen molar-refractivity contribution < 1.29 is 15.0 Å². The van der Waals surface area contributed by atoms with Crippen molar-refractivity contribution in [3.63, 3.8) is 0 Å². The molecule has 4 nitrogen and oxygen atoms in total. The van der Waals surface area contributed by atoms with E-state index in [-0.39, 0.29) is 12.5 Å². The number of aliphatic hydroxyl groups excluding tert-OH is 2. The molecule has 0 aromatic carbocycles. The van der Waals surface area contributed by atoms with Crippen LogP contribution in [0.25, 0.3) is 0 Å². The van der Waals surface area contributed by atoms with Crippen molar-refractivity contribution in [2.75, 3.05) is 6.61 Å². The molecule has 0 aliphatic heterocycles. The minimum Gasteiger partial charge on any atom is -0.394 e. The Balaban J connectivity index is 3.58. The summed E-state index contributed by atoms with van der Waals surface area (Å²) in [6, 6.07) is -0.646. The van der Waals surface area contributed by atoms with Crippen molar-refractivity contribution in [1.29, 1.82) is 0 Å². The third-order valence-electron chi connectivity index (χ3n) is 13.8. The third-order valence-corrected chi connectivity index (χ3v) is 13.8. The van der Waals surface area contributed by atoms with E-state index >= 15 is 0 Å². The zero-order valence-corrected chi connectivity index (χ0v) is 47.7. The van der Waals surface area contributed by atoms with Crippen LogP contribution in [0.3, 0.4) is 0 Å². The van der Waals surface area contributed by atoms with E-state index in [0.717, 1.165) is 96.3 Å². The molecule has 414 valence electrons. The van der Waals surface area contributed by atoms with Gasteiger partial charge < -0.3 is 15.5 Å². The molecule has 0 heterocycles. The fraction of sp³-hybridized carbons (Fsp3) is 0.721. The Morgan fingerprint density at radius 1 is 0.347 bits per heavy atom. The highest BCUT2D eigenvalue weighted by atomic mass is 16.3. The largest absolute Gasteiger partial charge is 0.394 e. The van der Waals surface area contributed by atoms with Gasteiger partial charge in [-0.1, -0.05) is 316 Å². The molecular weight excluding hydrogens is 879 g/mol. The van der Waals surface area contributed by atoms with Gasteiger partial charge in [-0.05, 0) is 83.5 Å². The predicted octanol–water partition coefficient (Wildman–Crippen LogP) is 21.0. The number of rotatable bonds is 56. The van der Waals surface area contributed by atoms with E-state index in [9.17, 15) is 15.0 Å². The Kier molecular flexibility index (Phi) is 59.8. The van der Waals surface area contributed by atoms with Gasteiger partial charge in [0.2, 0.25) is 5.91 Å². The molecule has 72 heavy (non-hydrogen) atoms. The number of nitrogens with one attached hydrogen (secondary N) is 1. The van der Waals surface area contributed by atoms with E-state index in [1.165, 1.54) is 180 Å². The fourth-order valence-electron chi connectivity index (χ4n) is 9.08. The molecule has 0 aliphatic carbocycles. The summed E-state index contributed by atoms with van der Waals surface area (Å²) >= 11 is 0. The first-order valence-corrected chi connectivity index (χ1v) is 31.1. The van der Waals surface area contributed by atoms with Gasteiger partial charge in [-0.25, -0.2) is 0 Å². The molecule has 3 N–H and O–H groups in total. The Hall–Kier alpha value is -2.95. The first kappa shape index (κ1) is 69.0. The quantitative estimate of drug-likeness (QED) is 0.0420. The van der Waals surface area contributed by atoms with Crippen molar-refractivity contribution in [3.05, 3.63) is 109 Å². The summed E-state index contributed by atoms with van der Waals surface area (Å²) in [6.07, 6.45) is 94.2. The second-order valence-electron chi connectivity index (χ2n) is 20.7. The lowest BCUT2D eigenvalue weighted by atomic mass is 10.0. The molecule has 1 amide bonds. The van der Waals surface area contributed by atoms with Crippen LogP contribution in [0.1, 0.15) is 296 Å². The van der Waals surface area contributed by atoms with Gasteiger partial charge >= 0.3 is 0 Å². The summed E-state index contributed by atoms with van der Waals surface area (Å²) in [5.74, 6) is -0.0897. The lowest BCUT2D eigenvalue weighted by molar-refractivity contribution is -0.123. The highest BCUT2D eigenvalue weighted by molar-refractivity contribution is 5.76. The molecule has 4 heteroatoms. The van der Waals surface area contributed by atoms with E-state index < -0.39 is 12.1 Å². The molecule has 0 bridgehead atoms. The molecule has 2 atom stereocenters. The smallest absolute Gasteiger partial charge is 0.220 e. The SMILES string of the molecule is CC/C=C\C/C=C\C/C=C\C/C=C\C/C=C\C/C=C\C/C=C\C/C=C\CCCCCCC(=O)NC(CO)C(O)/C=C/CCCCCCCCCCCCCCCCCCCCCCCCCCCCCCC. The Bertz CT molecular complexity index is 1360. The standard InChI is InChI=1S/C68H119NO3/c1-3-5-7-9-11-13-15-17-19-21-23-25-27-29-31-33-34-36-37-39-41-43-45-47-49-51-53-55-57-59-61-63-67(71)66(65-70)69-68(72)64-62-60-58-56-54-52-50-48-46-44-42-40-38-35-32-30-28-26-24-22-20-18-16-14-12-10-8-6-4-2/h6,8,12,14,18,20,24,26,30,32,38,40,44,46,50,52,61,63,66-67,70-71H,3-5,7,9-11,13,15-17,19,21-23,25,27-29,31,33-37,39,41-43,45,47-49,51,53-60,62,64-65H2,1-2H3,(H,69,72)/b8-6-,14-12-,20-18-,26-24-,32-30-,40-38-,46-44-,52-50-,63-61+. The highest BCUT2D eigenvalue weighted by Crippen LogP contribution is 2.17. The van der Waals surface area contributed by atoms with E-state index in [1.807, 2.05) is 6.08 Å². The highest BCUT2D eigenvalue weighted by Gasteiger charge is 2.18. The molecule has 0 saturated heterocycles. The molecule has 0 rings (SSSR count). The minimum atomic E-state index is -0.860. The van der Waals surface area contributed by atoms with Crippen LogP contribution in [0, 0.1) is 0 Å². The summed E-state index contributed by atoms with van der Waals surface area (Å²) in [7, 11) is 0. The van der Waals surface area contributed by atoms with Crippen molar-refractivity contribution in [2.45, 2.75) is 309 Å². The van der Waals surface area contributed by atoms with E-state index in [0.29, 0.717) is 6.42 Å². The summed E-state index contributed by atoms with van der Waals surface area (Å²) in [5, 5.41) is 23.2. The van der Waals surface area contributed by atoms with Crippen LogP contribution < -0.4 is 5.32 Å². The topological polar surface area (TPSA) is 69.6 Å². The lowest BCUT2D eigenvalue weighted by Gasteiger charge is -2.20. The van der Waals surface area contributed by atoms with Gasteiger partial charge in [0, 0.05) is 6.42 Å². The number of hydrogen-bond donors (Lipinski definition) is 3. The second-order valence-corrected chi connectivity index (χ2v) is 20.7. The Labute approximate surface area is 448 Å². The van der Waals surface area contributed by atoms with Gasteiger partial charge in [-0.2, -0.15) is 0 Å². The van der Waals surface area contributed by atoms with Gasteiger partial charge in [0.05, 0.1) is 18.8 Å². The third kappa shape index (κ3) is 57.9. The number of aliphatic hydroxyl groups is 2. The monoisotopic (exact) mass is 998 g/mol. The van der Waals surface area contributed by atoms with Gasteiger partial charge in [-0.3, -0.25) is 4.79 Å². The number of unbranched alkanes of at least 4 members (excludes halogenated alkanes) is 33. The van der Waals surface area contributed by atoms with Crippen molar-refractivity contribution in [3.8, 4) is 0 Å². The van der Waals surface area contributed by atoms with Crippen molar-refractivity contribution in [1.82, 2.24) is 5.32 Å². The number of carbonyl (C=O) groups is 1. The molecule has 0 saturated carbocycles. The van der Waals surface area contributed by atoms with Crippen LogP contribution in [0.2, 0.25) is 0 Å². The zero-order valence-electron chi connectivity index (χ0n) is 47.7. The first-order chi connectivity index (χ1) is 35.7. The molecule has 0 spiro atoms. The first-order valence-electron chi connectivity index (χ1n) is 31.1. The average Bonchev–Trinajstić information content (AvgIpc) is 3.39. The van der Waals surface area contributed by atoms with E-state index in [4.69, 9.17) is 0 Å². The molecule has 0 aliphatic rings. The zero-order chi connectivity index (χ0) is 52.0. The van der Waals surface area contributed by atoms with Crippen LogP contribution in [-0.4, -0.2) is 34.9 Å². The Morgan fingerprint density at radius 3 is 0.917 bits per heavy atom. The predicted molar refractivity (Wildman–Crippen MR) is 322 cm³/mol. The number of allylic oxidation sites excluding steroid dienone is 17. The summed E-state index contributed by atoms with van der Waals surface area (Å²) in [5.41, 5.74) is 0. The summed E-state index contributed by atoms with van der Waals surface area (Å²) in [6.45, 7) is 4.20. The van der Waals surface area contributed by atoms with Gasteiger partial charge in [0.25, 0.3) is 0 Å². The maximum atomic E-state index is 12.5. The van der Waals surface area contributed by atoms with Gasteiger partial charge in [0.15, 0.2) is 0 Å². The second kappa shape index (κ2) is 62.3. The van der Waals surface area contributed by atoms with Crippen LogP contribution >= 0.6 is 0 Å². The van der Waals surface area contributed by atoms with Crippen molar-refractivity contribution in [2.24, 2.45) is 0 Å². The van der Waals surface area contributed by atoms with E-state index in [1.54, 1.807) is 6.08 Å². The van der Waals surface area contributed by atoms with Gasteiger partial charge in [-0.15, -0.1) is 0 Å². The minimum absolute atomic E-state index is 0.0897. The molecule has 0 aromatic heterocycles. The normalized spacial score (nSPS) is 13.6. The summed E-state index contributed by atoms with van der Waals surface area (Å²) < 4.78 is 0. The van der Waals surface area contributed by atoms with E-state index in [2.05, 4.69) is 116 Å². The Morgan fingerprint density at radius 2 is 0.611 bits per heavy atom. The van der Waals surface area contributed by atoms with Crippen LogP contribution in [-0.2, 0) is 4.79 Å². The molecule has 0 radical (unpaired) electrons. The maximum absolute atomic E-state index is 12.5. The lowest BCUT2D eigenvalue weighted by Crippen LogP contribution is -2.45. The van der Waals surface area contributed by atoms with Crippen LogP contribution in [0.15, 0.2) is 109 Å². The maximum Gasteiger partial charge on any atom is 0.220 e. The number of carbonyl (C=O) groups excluding carboxylic acids is 1. The molecule has 0 fully saturated rings. The number of hydrogen-bond acceptors (Lipinski definition) is 3.